The van der Waals surface area contributed by atoms with Crippen molar-refractivity contribution in [2.45, 2.75) is 17.9 Å². The summed E-state index contributed by atoms with van der Waals surface area (Å²) in [6, 6.07) is 8.93. The van der Waals surface area contributed by atoms with E-state index in [9.17, 15) is 26.8 Å². The molecular weight excluding hydrogens is 368 g/mol. The van der Waals surface area contributed by atoms with Gasteiger partial charge in [0.2, 0.25) is 15.8 Å². The van der Waals surface area contributed by atoms with Crippen LogP contribution in [-0.2, 0) is 19.6 Å². The summed E-state index contributed by atoms with van der Waals surface area (Å²) >= 11 is 0. The number of ether oxygens (including phenoxy) is 1. The van der Waals surface area contributed by atoms with Gasteiger partial charge < -0.3 is 4.74 Å². The van der Waals surface area contributed by atoms with Gasteiger partial charge in [0.1, 0.15) is 18.2 Å². The van der Waals surface area contributed by atoms with Gasteiger partial charge in [-0.25, -0.2) is 17.2 Å². The van der Waals surface area contributed by atoms with E-state index in [0.717, 1.165) is 30.3 Å². The van der Waals surface area contributed by atoms with Gasteiger partial charge in [0.15, 0.2) is 6.10 Å². The number of Topliss-reactive ketones (excluding diaryl/α,β-unsaturated/α-hetero) is 1. The van der Waals surface area contributed by atoms with E-state index in [1.54, 1.807) is 0 Å². The van der Waals surface area contributed by atoms with Gasteiger partial charge in [-0.05, 0) is 49.4 Å². The van der Waals surface area contributed by atoms with Crippen LogP contribution in [0.15, 0.2) is 53.4 Å². The van der Waals surface area contributed by atoms with Gasteiger partial charge >= 0.3 is 5.97 Å². The summed E-state index contributed by atoms with van der Waals surface area (Å²) in [5, 5.41) is 0. The Morgan fingerprint density at radius 3 is 2.35 bits per heavy atom. The molecule has 0 saturated carbocycles. The van der Waals surface area contributed by atoms with Crippen molar-refractivity contribution >= 4 is 21.8 Å². The molecule has 0 saturated heterocycles. The number of hydrogen-bond donors (Lipinski definition) is 1. The smallest absolute Gasteiger partial charge is 0.321 e. The highest BCUT2D eigenvalue weighted by Gasteiger charge is 2.21. The Kier molecular flexibility index (Phi) is 6.17. The van der Waals surface area contributed by atoms with E-state index in [4.69, 9.17) is 4.74 Å². The molecule has 138 valence electrons. The molecule has 2 aromatic carbocycles. The number of ketones is 1. The summed E-state index contributed by atoms with van der Waals surface area (Å²) in [5.41, 5.74) is 0.145. The second-order valence-corrected chi connectivity index (χ2v) is 7.05. The van der Waals surface area contributed by atoms with E-state index in [-0.39, 0.29) is 10.5 Å². The normalized spacial score (nSPS) is 12.4. The van der Waals surface area contributed by atoms with Gasteiger partial charge in [-0.2, -0.15) is 4.72 Å². The maximum Gasteiger partial charge on any atom is 0.321 e. The number of carbonyl (C=O) groups excluding carboxylic acids is 2. The van der Waals surface area contributed by atoms with Crippen LogP contribution in [0.3, 0.4) is 0 Å². The standard InChI is InChI=1S/C17H15F2NO5S/c1-11(17(22)12-5-7-13(18)8-6-12)25-16(21)10-20-26(23,24)15-4-2-3-14(19)9-15/h2-9,11,20H,10H2,1H3/t11-/m0/s1. The zero-order chi connectivity index (χ0) is 19.3. The summed E-state index contributed by atoms with van der Waals surface area (Å²) in [5.74, 6) is -2.81. The first-order chi connectivity index (χ1) is 12.2. The molecule has 1 N–H and O–H groups in total. The molecule has 0 radical (unpaired) electrons. The number of benzene rings is 2. The summed E-state index contributed by atoms with van der Waals surface area (Å²) < 4.78 is 56.7. The molecular formula is C17H15F2NO5S. The number of nitrogens with one attached hydrogen (secondary N) is 1. The predicted molar refractivity (Wildman–Crippen MR) is 87.9 cm³/mol. The third-order valence-corrected chi connectivity index (χ3v) is 4.72. The van der Waals surface area contributed by atoms with Crippen molar-refractivity contribution in [2.75, 3.05) is 6.54 Å². The maximum atomic E-state index is 13.1. The molecule has 0 bridgehead atoms. The highest BCUT2D eigenvalue weighted by molar-refractivity contribution is 7.89. The first kappa shape index (κ1) is 19.7. The van der Waals surface area contributed by atoms with Crippen molar-refractivity contribution in [3.63, 3.8) is 0 Å². The molecule has 0 unspecified atom stereocenters. The van der Waals surface area contributed by atoms with Crippen LogP contribution >= 0.6 is 0 Å². The zero-order valence-electron chi connectivity index (χ0n) is 13.6. The van der Waals surface area contributed by atoms with Gasteiger partial charge in [-0.3, -0.25) is 9.59 Å². The second-order valence-electron chi connectivity index (χ2n) is 5.29. The van der Waals surface area contributed by atoms with Crippen LogP contribution in [0.25, 0.3) is 0 Å². The van der Waals surface area contributed by atoms with E-state index in [1.807, 2.05) is 4.72 Å². The summed E-state index contributed by atoms with van der Waals surface area (Å²) in [4.78, 5) is 23.5. The van der Waals surface area contributed by atoms with E-state index < -0.39 is 46.1 Å². The number of hydrogen-bond acceptors (Lipinski definition) is 5. The van der Waals surface area contributed by atoms with Crippen molar-refractivity contribution in [3.8, 4) is 0 Å². The minimum atomic E-state index is -4.11. The quantitative estimate of drug-likeness (QED) is 0.584. The molecule has 9 heteroatoms. The average Bonchev–Trinajstić information content (AvgIpc) is 2.60. The molecule has 2 aromatic rings. The number of halogens is 2. The zero-order valence-corrected chi connectivity index (χ0v) is 14.4. The lowest BCUT2D eigenvalue weighted by molar-refractivity contribution is -0.144. The molecule has 26 heavy (non-hydrogen) atoms. The minimum Gasteiger partial charge on any atom is -0.453 e. The second kappa shape index (κ2) is 8.15. The highest BCUT2D eigenvalue weighted by atomic mass is 32.2. The maximum absolute atomic E-state index is 13.1. The number of sulfonamides is 1. The summed E-state index contributed by atoms with van der Waals surface area (Å²) in [6.07, 6.45) is -1.19. The van der Waals surface area contributed by atoms with Gasteiger partial charge in [-0.1, -0.05) is 6.07 Å². The lowest BCUT2D eigenvalue weighted by Crippen LogP contribution is -2.34. The van der Waals surface area contributed by atoms with Crippen LogP contribution in [0.5, 0.6) is 0 Å². The number of carbonyl (C=O) groups is 2. The number of rotatable bonds is 7. The van der Waals surface area contributed by atoms with Crippen LogP contribution in [0.1, 0.15) is 17.3 Å². The Morgan fingerprint density at radius 2 is 1.73 bits per heavy atom. The van der Waals surface area contributed by atoms with Crippen LogP contribution in [0.4, 0.5) is 8.78 Å². The Morgan fingerprint density at radius 1 is 1.08 bits per heavy atom. The molecule has 6 nitrogen and oxygen atoms in total. The fourth-order valence-electron chi connectivity index (χ4n) is 2.01. The topological polar surface area (TPSA) is 89.5 Å². The van der Waals surface area contributed by atoms with Gasteiger partial charge in [0.05, 0.1) is 4.90 Å². The first-order valence-electron chi connectivity index (χ1n) is 7.43. The summed E-state index contributed by atoms with van der Waals surface area (Å²) in [7, 11) is -4.11. The molecule has 0 spiro atoms. The molecule has 0 fully saturated rings. The molecule has 0 heterocycles. The van der Waals surface area contributed by atoms with Crippen LogP contribution in [-0.4, -0.2) is 32.8 Å². The van der Waals surface area contributed by atoms with Crippen molar-refractivity contribution in [2.24, 2.45) is 0 Å². The Hall–Kier alpha value is -2.65. The van der Waals surface area contributed by atoms with Crippen molar-refractivity contribution in [1.29, 1.82) is 0 Å². The molecule has 1 atom stereocenters. The Bertz CT molecular complexity index is 913. The van der Waals surface area contributed by atoms with E-state index in [2.05, 4.69) is 0 Å². The van der Waals surface area contributed by atoms with Crippen molar-refractivity contribution < 1.29 is 31.5 Å². The van der Waals surface area contributed by atoms with E-state index in [0.29, 0.717) is 0 Å². The predicted octanol–water partition coefficient (Wildman–Crippen LogP) is 2.06. The van der Waals surface area contributed by atoms with Crippen LogP contribution in [0.2, 0.25) is 0 Å². The molecule has 0 aliphatic rings. The fourth-order valence-corrected chi connectivity index (χ4v) is 3.01. The van der Waals surface area contributed by atoms with Crippen LogP contribution in [0, 0.1) is 11.6 Å². The molecule has 0 amide bonds. The molecule has 2 rings (SSSR count). The monoisotopic (exact) mass is 383 g/mol. The van der Waals surface area contributed by atoms with E-state index >= 15 is 0 Å². The highest BCUT2D eigenvalue weighted by Crippen LogP contribution is 2.11. The Labute approximate surface area is 148 Å². The third-order valence-electron chi connectivity index (χ3n) is 3.32. The number of esters is 1. The lowest BCUT2D eigenvalue weighted by Gasteiger charge is -2.13. The first-order valence-corrected chi connectivity index (χ1v) is 8.92. The van der Waals surface area contributed by atoms with Crippen LogP contribution < -0.4 is 4.72 Å². The van der Waals surface area contributed by atoms with Crippen molar-refractivity contribution in [3.05, 3.63) is 65.7 Å². The molecule has 0 aromatic heterocycles. The third kappa shape index (κ3) is 5.17. The molecule has 0 aliphatic heterocycles. The SMILES string of the molecule is C[C@H](OC(=O)CNS(=O)(=O)c1cccc(F)c1)C(=O)c1ccc(F)cc1. The fraction of sp³-hybridized carbons (Fsp3) is 0.176. The average molecular weight is 383 g/mol. The minimum absolute atomic E-state index is 0.145. The molecule has 0 aliphatic carbocycles. The summed E-state index contributed by atoms with van der Waals surface area (Å²) in [6.45, 7) is 0.574. The van der Waals surface area contributed by atoms with Gasteiger partial charge in [-0.15, -0.1) is 0 Å². The Balaban J connectivity index is 1.93. The largest absolute Gasteiger partial charge is 0.453 e. The van der Waals surface area contributed by atoms with Gasteiger partial charge in [0.25, 0.3) is 0 Å². The van der Waals surface area contributed by atoms with E-state index in [1.165, 1.54) is 25.1 Å². The van der Waals surface area contributed by atoms with Gasteiger partial charge in [0, 0.05) is 5.56 Å². The van der Waals surface area contributed by atoms with Crippen molar-refractivity contribution in [1.82, 2.24) is 4.72 Å². The lowest BCUT2D eigenvalue weighted by atomic mass is 10.1.